The molecule has 23 heavy (non-hydrogen) atoms. The van der Waals surface area contributed by atoms with E-state index in [1.54, 1.807) is 0 Å². The maximum Gasteiger partial charge on any atom is 0.143 e. The van der Waals surface area contributed by atoms with Crippen molar-refractivity contribution in [2.45, 2.75) is 42.5 Å². The molecule has 0 amide bonds. The Morgan fingerprint density at radius 2 is 1.78 bits per heavy atom. The number of nitrogens with zero attached hydrogens (tertiary/aromatic N) is 3. The molecular formula is C18H18N4S. The molecule has 116 valence electrons. The number of unbranched alkanes of at least 4 members (excludes halogenated alkanes) is 2. The van der Waals surface area contributed by atoms with Crippen molar-refractivity contribution in [2.24, 2.45) is 0 Å². The van der Waals surface area contributed by atoms with Gasteiger partial charge in [0.1, 0.15) is 23.0 Å². The number of nitriles is 2. The lowest BCUT2D eigenvalue weighted by Crippen LogP contribution is -2.06. The van der Waals surface area contributed by atoms with Gasteiger partial charge in [-0.3, -0.25) is 0 Å². The first-order valence-electron chi connectivity index (χ1n) is 7.56. The van der Waals surface area contributed by atoms with E-state index in [2.05, 4.69) is 24.0 Å². The average Bonchev–Trinajstić information content (AvgIpc) is 2.56. The van der Waals surface area contributed by atoms with Crippen LogP contribution in [0.5, 0.6) is 0 Å². The first kappa shape index (κ1) is 16.9. The van der Waals surface area contributed by atoms with Crippen LogP contribution < -0.4 is 5.73 Å². The average molecular weight is 322 g/mol. The molecule has 5 heteroatoms. The number of nitrogen functional groups attached to an aromatic ring is 1. The lowest BCUT2D eigenvalue weighted by atomic mass is 9.98. The highest BCUT2D eigenvalue weighted by molar-refractivity contribution is 7.99. The minimum absolute atomic E-state index is 0.205. The van der Waals surface area contributed by atoms with Crippen molar-refractivity contribution < 1.29 is 0 Å². The van der Waals surface area contributed by atoms with Crippen molar-refractivity contribution in [1.82, 2.24) is 4.98 Å². The van der Waals surface area contributed by atoms with Crippen molar-refractivity contribution in [3.63, 3.8) is 0 Å². The van der Waals surface area contributed by atoms with Gasteiger partial charge in [0.15, 0.2) is 0 Å². The fraction of sp³-hybridized carbons (Fsp3) is 0.278. The van der Waals surface area contributed by atoms with Crippen LogP contribution in [-0.4, -0.2) is 4.98 Å². The van der Waals surface area contributed by atoms with E-state index >= 15 is 0 Å². The van der Waals surface area contributed by atoms with Gasteiger partial charge in [0, 0.05) is 4.90 Å². The van der Waals surface area contributed by atoms with E-state index in [4.69, 9.17) is 5.73 Å². The van der Waals surface area contributed by atoms with E-state index in [0.29, 0.717) is 22.6 Å². The third-order valence-corrected chi connectivity index (χ3v) is 4.50. The highest BCUT2D eigenvalue weighted by Crippen LogP contribution is 2.33. The van der Waals surface area contributed by atoms with Crippen molar-refractivity contribution in [2.75, 3.05) is 5.73 Å². The Hall–Kier alpha value is -2.50. The van der Waals surface area contributed by atoms with E-state index in [1.807, 2.05) is 30.3 Å². The summed E-state index contributed by atoms with van der Waals surface area (Å²) in [7, 11) is 0. The van der Waals surface area contributed by atoms with Gasteiger partial charge < -0.3 is 5.73 Å². The van der Waals surface area contributed by atoms with E-state index in [9.17, 15) is 10.5 Å². The summed E-state index contributed by atoms with van der Waals surface area (Å²) in [5, 5.41) is 19.5. The normalized spacial score (nSPS) is 10.0. The fourth-order valence-electron chi connectivity index (χ4n) is 2.35. The molecule has 2 rings (SSSR count). The summed E-state index contributed by atoms with van der Waals surface area (Å²) in [5.74, 6) is 0.205. The summed E-state index contributed by atoms with van der Waals surface area (Å²) in [5.41, 5.74) is 7.50. The second kappa shape index (κ2) is 8.22. The Labute approximate surface area is 141 Å². The zero-order valence-corrected chi connectivity index (χ0v) is 13.9. The van der Waals surface area contributed by atoms with Crippen molar-refractivity contribution in [3.05, 3.63) is 47.0 Å². The van der Waals surface area contributed by atoms with Gasteiger partial charge in [-0.05, 0) is 30.5 Å². The molecule has 0 spiro atoms. The van der Waals surface area contributed by atoms with Crippen molar-refractivity contribution >= 4 is 17.6 Å². The van der Waals surface area contributed by atoms with Crippen LogP contribution in [0.1, 0.15) is 42.9 Å². The number of rotatable bonds is 6. The summed E-state index contributed by atoms with van der Waals surface area (Å²) in [6.45, 7) is 2.12. The monoisotopic (exact) mass is 322 g/mol. The molecule has 0 radical (unpaired) electrons. The Morgan fingerprint density at radius 3 is 2.39 bits per heavy atom. The minimum Gasteiger partial charge on any atom is -0.383 e. The maximum atomic E-state index is 9.59. The van der Waals surface area contributed by atoms with E-state index in [-0.39, 0.29) is 5.82 Å². The lowest BCUT2D eigenvalue weighted by Gasteiger charge is -2.12. The largest absolute Gasteiger partial charge is 0.383 e. The molecule has 0 aliphatic rings. The van der Waals surface area contributed by atoms with Crippen LogP contribution >= 0.6 is 11.8 Å². The number of pyridine rings is 1. The number of nitrogens with two attached hydrogens (primary N) is 1. The highest BCUT2D eigenvalue weighted by Gasteiger charge is 2.19. The number of hydrogen-bond donors (Lipinski definition) is 1. The zero-order valence-electron chi connectivity index (χ0n) is 13.0. The maximum absolute atomic E-state index is 9.59. The molecule has 0 bridgehead atoms. The van der Waals surface area contributed by atoms with Gasteiger partial charge in [0.05, 0.1) is 11.1 Å². The van der Waals surface area contributed by atoms with Gasteiger partial charge in [-0.15, -0.1) is 0 Å². The molecule has 0 saturated carbocycles. The predicted octanol–water partition coefficient (Wildman–Crippen LogP) is 4.29. The molecule has 0 fully saturated rings. The molecule has 1 heterocycles. The quantitative estimate of drug-likeness (QED) is 0.802. The third kappa shape index (κ3) is 4.03. The van der Waals surface area contributed by atoms with Crippen LogP contribution in [0.2, 0.25) is 0 Å². The highest BCUT2D eigenvalue weighted by atomic mass is 32.2. The number of benzene rings is 1. The summed E-state index contributed by atoms with van der Waals surface area (Å²) in [6, 6.07) is 14.1. The first-order valence-corrected chi connectivity index (χ1v) is 8.38. The topological polar surface area (TPSA) is 86.5 Å². The lowest BCUT2D eigenvalue weighted by molar-refractivity contribution is 0.713. The Bertz CT molecular complexity index is 757. The van der Waals surface area contributed by atoms with Crippen molar-refractivity contribution in [3.8, 4) is 12.1 Å². The summed E-state index contributed by atoms with van der Waals surface area (Å²) in [4.78, 5) is 5.28. The molecule has 2 aromatic rings. The van der Waals surface area contributed by atoms with Gasteiger partial charge in [0.25, 0.3) is 0 Å². The van der Waals surface area contributed by atoms with Crippen LogP contribution in [0.3, 0.4) is 0 Å². The van der Waals surface area contributed by atoms with Gasteiger partial charge in [0.2, 0.25) is 0 Å². The Balaban J connectivity index is 2.47. The van der Waals surface area contributed by atoms with Gasteiger partial charge in [-0.25, -0.2) is 4.98 Å². The van der Waals surface area contributed by atoms with E-state index in [0.717, 1.165) is 29.7 Å². The van der Waals surface area contributed by atoms with E-state index in [1.165, 1.54) is 11.8 Å². The van der Waals surface area contributed by atoms with Crippen LogP contribution in [0, 0.1) is 22.7 Å². The molecule has 2 N–H and O–H groups in total. The molecule has 0 atom stereocenters. The van der Waals surface area contributed by atoms with Gasteiger partial charge >= 0.3 is 0 Å². The smallest absolute Gasteiger partial charge is 0.143 e. The van der Waals surface area contributed by atoms with Crippen LogP contribution in [0.15, 0.2) is 40.3 Å². The van der Waals surface area contributed by atoms with Crippen LogP contribution in [0.25, 0.3) is 0 Å². The minimum atomic E-state index is 0.205. The molecule has 1 aromatic heterocycles. The predicted molar refractivity (Wildman–Crippen MR) is 91.9 cm³/mol. The molecule has 0 unspecified atom stereocenters. The molecule has 1 aromatic carbocycles. The molecule has 0 aliphatic heterocycles. The SMILES string of the molecule is CCCCCc1c(C#N)c(N)nc(Sc2ccccc2)c1C#N. The molecule has 0 aliphatic carbocycles. The zero-order chi connectivity index (χ0) is 16.7. The van der Waals surface area contributed by atoms with Crippen molar-refractivity contribution in [1.29, 1.82) is 10.5 Å². The molecular weight excluding hydrogens is 304 g/mol. The molecule has 4 nitrogen and oxygen atoms in total. The Morgan fingerprint density at radius 1 is 1.09 bits per heavy atom. The van der Waals surface area contributed by atoms with Gasteiger partial charge in [-0.2, -0.15) is 10.5 Å². The number of hydrogen-bond acceptors (Lipinski definition) is 5. The van der Waals surface area contributed by atoms with E-state index < -0.39 is 0 Å². The standard InChI is InChI=1S/C18H18N4S/c1-2-3-5-10-14-15(11-19)17(21)22-18(16(14)12-20)23-13-8-6-4-7-9-13/h4,6-9H,2-3,5,10H2,1H3,(H2,21,22). The second-order valence-electron chi connectivity index (χ2n) is 5.13. The third-order valence-electron chi connectivity index (χ3n) is 3.51. The van der Waals surface area contributed by atoms with Gasteiger partial charge in [-0.1, -0.05) is 49.7 Å². The summed E-state index contributed by atoms with van der Waals surface area (Å²) < 4.78 is 0. The number of anilines is 1. The first-order chi connectivity index (χ1) is 11.2. The number of aromatic nitrogens is 1. The fourth-order valence-corrected chi connectivity index (χ4v) is 3.28. The van der Waals surface area contributed by atoms with Crippen LogP contribution in [-0.2, 0) is 6.42 Å². The molecule has 0 saturated heterocycles. The Kier molecular flexibility index (Phi) is 6.02. The van der Waals surface area contributed by atoms with Crippen LogP contribution in [0.4, 0.5) is 5.82 Å². The summed E-state index contributed by atoms with van der Waals surface area (Å²) >= 11 is 1.40. The summed E-state index contributed by atoms with van der Waals surface area (Å²) in [6.07, 6.45) is 3.74. The second-order valence-corrected chi connectivity index (χ2v) is 6.19.